The molecule has 0 unspecified atom stereocenters. The number of anilines is 1. The van der Waals surface area contributed by atoms with Crippen molar-refractivity contribution in [1.29, 1.82) is 5.26 Å². The van der Waals surface area contributed by atoms with Crippen molar-refractivity contribution >= 4 is 28.9 Å². The topological polar surface area (TPSA) is 35.8 Å². The van der Waals surface area contributed by atoms with Gasteiger partial charge in [0, 0.05) is 11.6 Å². The van der Waals surface area contributed by atoms with Gasteiger partial charge in [0.2, 0.25) is 0 Å². The first-order valence-electron chi connectivity index (χ1n) is 4.75. The van der Waals surface area contributed by atoms with Crippen LogP contribution in [0, 0.1) is 16.7 Å². The SMILES string of the molecule is N#CC1(CNc2cc(Cl)ccc2Cl)CC1. The van der Waals surface area contributed by atoms with Crippen molar-refractivity contribution < 1.29 is 0 Å². The predicted octanol–water partition coefficient (Wildman–Crippen LogP) is 3.71. The van der Waals surface area contributed by atoms with Crippen molar-refractivity contribution in [3.63, 3.8) is 0 Å². The molecule has 1 aromatic carbocycles. The lowest BCUT2D eigenvalue weighted by Gasteiger charge is -2.11. The first kappa shape index (κ1) is 10.6. The second kappa shape index (κ2) is 3.92. The van der Waals surface area contributed by atoms with Crippen LogP contribution in [-0.2, 0) is 0 Å². The summed E-state index contributed by atoms with van der Waals surface area (Å²) in [5, 5.41) is 13.4. The third-order valence-electron chi connectivity index (χ3n) is 2.64. The average Bonchev–Trinajstić information content (AvgIpc) is 3.00. The molecule has 1 aliphatic rings. The molecule has 1 N–H and O–H groups in total. The van der Waals surface area contributed by atoms with Crippen LogP contribution in [0.4, 0.5) is 5.69 Å². The fourth-order valence-corrected chi connectivity index (χ4v) is 1.73. The second-order valence-electron chi connectivity index (χ2n) is 3.87. The number of benzene rings is 1. The average molecular weight is 241 g/mol. The molecule has 0 bridgehead atoms. The Kier molecular flexibility index (Phi) is 2.77. The molecule has 1 fully saturated rings. The van der Waals surface area contributed by atoms with E-state index in [0.717, 1.165) is 18.5 Å². The number of nitrogens with zero attached hydrogens (tertiary/aromatic N) is 1. The molecule has 0 saturated heterocycles. The van der Waals surface area contributed by atoms with Crippen LogP contribution in [0.15, 0.2) is 18.2 Å². The Hall–Kier alpha value is -0.910. The van der Waals surface area contributed by atoms with E-state index < -0.39 is 0 Å². The number of nitrogens with one attached hydrogen (secondary N) is 1. The highest BCUT2D eigenvalue weighted by atomic mass is 35.5. The molecule has 1 aliphatic carbocycles. The van der Waals surface area contributed by atoms with Gasteiger partial charge < -0.3 is 5.32 Å². The molecule has 1 aromatic rings. The minimum atomic E-state index is -0.175. The molecule has 0 heterocycles. The van der Waals surface area contributed by atoms with E-state index in [-0.39, 0.29) is 5.41 Å². The molecule has 0 amide bonds. The molecule has 0 aromatic heterocycles. The zero-order valence-corrected chi connectivity index (χ0v) is 9.57. The van der Waals surface area contributed by atoms with E-state index in [1.54, 1.807) is 18.2 Å². The van der Waals surface area contributed by atoms with Crippen LogP contribution in [0.1, 0.15) is 12.8 Å². The summed E-state index contributed by atoms with van der Waals surface area (Å²) in [6, 6.07) is 7.58. The van der Waals surface area contributed by atoms with Gasteiger partial charge >= 0.3 is 0 Å². The number of nitriles is 1. The molecule has 78 valence electrons. The lowest BCUT2D eigenvalue weighted by Crippen LogP contribution is -2.13. The third kappa shape index (κ3) is 2.37. The fraction of sp³-hybridized carbons (Fsp3) is 0.364. The monoisotopic (exact) mass is 240 g/mol. The highest BCUT2D eigenvalue weighted by Gasteiger charge is 2.42. The van der Waals surface area contributed by atoms with Crippen molar-refractivity contribution in [1.82, 2.24) is 0 Å². The highest BCUT2D eigenvalue weighted by molar-refractivity contribution is 6.35. The number of hydrogen-bond donors (Lipinski definition) is 1. The zero-order valence-electron chi connectivity index (χ0n) is 8.06. The molecule has 4 heteroatoms. The summed E-state index contributed by atoms with van der Waals surface area (Å²) in [6.07, 6.45) is 1.93. The molecule has 15 heavy (non-hydrogen) atoms. The van der Waals surface area contributed by atoms with Crippen LogP contribution >= 0.6 is 23.2 Å². The zero-order chi connectivity index (χ0) is 10.9. The van der Waals surface area contributed by atoms with Crippen LogP contribution in [-0.4, -0.2) is 6.54 Å². The van der Waals surface area contributed by atoms with E-state index in [1.165, 1.54) is 0 Å². The van der Waals surface area contributed by atoms with Gasteiger partial charge in [-0.2, -0.15) is 5.26 Å². The first-order valence-corrected chi connectivity index (χ1v) is 5.51. The van der Waals surface area contributed by atoms with E-state index in [4.69, 9.17) is 28.5 Å². The van der Waals surface area contributed by atoms with Gasteiger partial charge in [0.15, 0.2) is 0 Å². The number of rotatable bonds is 3. The van der Waals surface area contributed by atoms with Crippen molar-refractivity contribution in [3.05, 3.63) is 28.2 Å². The van der Waals surface area contributed by atoms with E-state index in [1.807, 2.05) is 0 Å². The van der Waals surface area contributed by atoms with Gasteiger partial charge in [-0.25, -0.2) is 0 Å². The number of halogens is 2. The van der Waals surface area contributed by atoms with Gasteiger partial charge in [0.05, 0.1) is 22.2 Å². The van der Waals surface area contributed by atoms with Crippen LogP contribution in [0.5, 0.6) is 0 Å². The summed E-state index contributed by atoms with van der Waals surface area (Å²) in [4.78, 5) is 0. The van der Waals surface area contributed by atoms with Crippen LogP contribution in [0.3, 0.4) is 0 Å². The fourth-order valence-electron chi connectivity index (χ4n) is 1.38. The number of hydrogen-bond acceptors (Lipinski definition) is 2. The Morgan fingerprint density at radius 2 is 2.13 bits per heavy atom. The maximum absolute atomic E-state index is 8.91. The van der Waals surface area contributed by atoms with Crippen molar-refractivity contribution in [2.75, 3.05) is 11.9 Å². The summed E-state index contributed by atoms with van der Waals surface area (Å²) in [6.45, 7) is 0.642. The Bertz CT molecular complexity index is 419. The van der Waals surface area contributed by atoms with Gasteiger partial charge in [-0.3, -0.25) is 0 Å². The summed E-state index contributed by atoms with van der Waals surface area (Å²) >= 11 is 11.8. The first-order chi connectivity index (χ1) is 7.15. The quantitative estimate of drug-likeness (QED) is 0.875. The van der Waals surface area contributed by atoms with Crippen molar-refractivity contribution in [3.8, 4) is 6.07 Å². The second-order valence-corrected chi connectivity index (χ2v) is 4.71. The Morgan fingerprint density at radius 1 is 1.40 bits per heavy atom. The van der Waals surface area contributed by atoms with E-state index in [9.17, 15) is 0 Å². The molecule has 2 nitrogen and oxygen atoms in total. The van der Waals surface area contributed by atoms with Crippen molar-refractivity contribution in [2.24, 2.45) is 5.41 Å². The molecule has 0 aliphatic heterocycles. The Morgan fingerprint density at radius 3 is 2.73 bits per heavy atom. The van der Waals surface area contributed by atoms with Crippen LogP contribution in [0.2, 0.25) is 10.0 Å². The lowest BCUT2D eigenvalue weighted by atomic mass is 10.1. The maximum atomic E-state index is 8.91. The van der Waals surface area contributed by atoms with E-state index in [0.29, 0.717) is 16.6 Å². The minimum absolute atomic E-state index is 0.175. The Balaban J connectivity index is 2.05. The maximum Gasteiger partial charge on any atom is 0.0747 e. The van der Waals surface area contributed by atoms with Gasteiger partial charge in [-0.1, -0.05) is 23.2 Å². The lowest BCUT2D eigenvalue weighted by molar-refractivity contribution is 0.711. The molecule has 1 saturated carbocycles. The van der Waals surface area contributed by atoms with Gasteiger partial charge in [-0.05, 0) is 31.0 Å². The third-order valence-corrected chi connectivity index (χ3v) is 3.20. The van der Waals surface area contributed by atoms with E-state index in [2.05, 4.69) is 11.4 Å². The minimum Gasteiger partial charge on any atom is -0.382 e. The van der Waals surface area contributed by atoms with Gasteiger partial charge in [0.25, 0.3) is 0 Å². The molecule has 0 spiro atoms. The standard InChI is InChI=1S/C11H10Cl2N2/c12-8-1-2-9(13)10(5-8)15-7-11(6-14)3-4-11/h1-2,5,15H,3-4,7H2. The predicted molar refractivity (Wildman–Crippen MR) is 62.2 cm³/mol. The highest BCUT2D eigenvalue weighted by Crippen LogP contribution is 2.45. The Labute approximate surface area is 98.8 Å². The summed E-state index contributed by atoms with van der Waals surface area (Å²) in [7, 11) is 0. The molecule has 0 radical (unpaired) electrons. The summed E-state index contributed by atoms with van der Waals surface area (Å²) in [5.41, 5.74) is 0.622. The summed E-state index contributed by atoms with van der Waals surface area (Å²) in [5.74, 6) is 0. The van der Waals surface area contributed by atoms with E-state index >= 15 is 0 Å². The smallest absolute Gasteiger partial charge is 0.0747 e. The molecular weight excluding hydrogens is 231 g/mol. The molecular formula is C11H10Cl2N2. The van der Waals surface area contributed by atoms with Crippen molar-refractivity contribution in [2.45, 2.75) is 12.8 Å². The normalized spacial score (nSPS) is 16.9. The van der Waals surface area contributed by atoms with Gasteiger partial charge in [0.1, 0.15) is 0 Å². The van der Waals surface area contributed by atoms with Gasteiger partial charge in [-0.15, -0.1) is 0 Å². The molecule has 0 atom stereocenters. The molecule has 2 rings (SSSR count). The largest absolute Gasteiger partial charge is 0.382 e. The summed E-state index contributed by atoms with van der Waals surface area (Å²) < 4.78 is 0. The van der Waals surface area contributed by atoms with Crippen LogP contribution in [0.25, 0.3) is 0 Å². The van der Waals surface area contributed by atoms with Crippen LogP contribution < -0.4 is 5.32 Å².